The van der Waals surface area contributed by atoms with Crippen LogP contribution in [0.1, 0.15) is 63.1 Å². The monoisotopic (exact) mass is 362 g/mol. The van der Waals surface area contributed by atoms with Gasteiger partial charge in [-0.15, -0.1) is 0 Å². The summed E-state index contributed by atoms with van der Waals surface area (Å²) >= 11 is 0. The van der Waals surface area contributed by atoms with Gasteiger partial charge in [0.25, 0.3) is 8.32 Å². The van der Waals surface area contributed by atoms with E-state index < -0.39 is 8.32 Å². The molecule has 142 valence electrons. The molecule has 0 heterocycles. The molecule has 0 aliphatic heterocycles. The van der Waals surface area contributed by atoms with Crippen LogP contribution in [0.4, 0.5) is 0 Å². The first-order valence-electron chi connectivity index (χ1n) is 9.55. The normalized spacial score (nSPS) is 12.6. The zero-order valence-electron chi connectivity index (χ0n) is 17.7. The van der Waals surface area contributed by atoms with E-state index in [9.17, 15) is 0 Å². The van der Waals surface area contributed by atoms with Crippen LogP contribution in [-0.2, 0) is 11.2 Å². The third-order valence-corrected chi connectivity index (χ3v) is 9.58. The fourth-order valence-electron chi connectivity index (χ4n) is 2.69. The van der Waals surface area contributed by atoms with Gasteiger partial charge >= 0.3 is 0 Å². The molecule has 3 heteroatoms. The van der Waals surface area contributed by atoms with E-state index in [0.717, 1.165) is 18.6 Å². The molecular formula is C22H38O2Si. The summed E-state index contributed by atoms with van der Waals surface area (Å²) in [6.07, 6.45) is 9.84. The molecule has 0 amide bonds. The third kappa shape index (κ3) is 6.89. The van der Waals surface area contributed by atoms with Crippen molar-refractivity contribution in [3.05, 3.63) is 41.2 Å². The minimum atomic E-state index is -1.79. The quantitative estimate of drug-likeness (QED) is 0.269. The number of methoxy groups -OCH3 is 1. The number of ether oxygens (including phenoxy) is 1. The van der Waals surface area contributed by atoms with Gasteiger partial charge in [0.1, 0.15) is 5.75 Å². The van der Waals surface area contributed by atoms with Crippen LogP contribution in [0.5, 0.6) is 5.75 Å². The Balaban J connectivity index is 2.66. The molecule has 0 aliphatic carbocycles. The maximum Gasteiger partial charge on any atom is 0.250 e. The highest BCUT2D eigenvalue weighted by Gasteiger charge is 2.39. The zero-order valence-corrected chi connectivity index (χ0v) is 18.7. The molecule has 0 saturated carbocycles. The maximum atomic E-state index is 6.58. The van der Waals surface area contributed by atoms with Gasteiger partial charge in [0, 0.05) is 0 Å². The van der Waals surface area contributed by atoms with E-state index in [1.807, 2.05) is 0 Å². The second-order valence-corrected chi connectivity index (χ2v) is 13.4. The Bertz CT molecular complexity index is 545. The molecule has 0 N–H and O–H groups in total. The van der Waals surface area contributed by atoms with Gasteiger partial charge in [-0.2, -0.15) is 0 Å². The average Bonchev–Trinajstić information content (AvgIpc) is 2.49. The summed E-state index contributed by atoms with van der Waals surface area (Å²) in [6.45, 7) is 15.9. The Labute approximate surface area is 156 Å². The van der Waals surface area contributed by atoms with Gasteiger partial charge in [0.15, 0.2) is 0 Å². The SMILES string of the molecule is CO/C=C\CCCCCc1cc(C)c(O[Si](C)(C)C(C)(C)C)c(C)c1. The molecule has 25 heavy (non-hydrogen) atoms. The Hall–Kier alpha value is -1.22. The number of rotatable bonds is 9. The Morgan fingerprint density at radius 1 is 1.00 bits per heavy atom. The van der Waals surface area contributed by atoms with Crippen LogP contribution in [0.15, 0.2) is 24.5 Å². The maximum absolute atomic E-state index is 6.58. The lowest BCUT2D eigenvalue weighted by atomic mass is 10.0. The number of hydrogen-bond acceptors (Lipinski definition) is 2. The second kappa shape index (κ2) is 9.47. The minimum absolute atomic E-state index is 0.224. The number of benzene rings is 1. The molecule has 2 nitrogen and oxygen atoms in total. The van der Waals surface area contributed by atoms with Crippen molar-refractivity contribution in [3.63, 3.8) is 0 Å². The molecule has 0 spiro atoms. The zero-order chi connectivity index (χ0) is 19.1. The van der Waals surface area contributed by atoms with E-state index >= 15 is 0 Å². The predicted octanol–water partition coefficient (Wildman–Crippen LogP) is 6.95. The topological polar surface area (TPSA) is 18.5 Å². The van der Waals surface area contributed by atoms with Crippen LogP contribution in [0.3, 0.4) is 0 Å². The summed E-state index contributed by atoms with van der Waals surface area (Å²) in [5, 5.41) is 0.224. The van der Waals surface area contributed by atoms with Gasteiger partial charge in [0.2, 0.25) is 0 Å². The van der Waals surface area contributed by atoms with Crippen LogP contribution >= 0.6 is 0 Å². The molecule has 0 saturated heterocycles. The molecule has 1 aromatic carbocycles. The van der Waals surface area contributed by atoms with Crippen molar-refractivity contribution in [2.45, 2.75) is 84.9 Å². The van der Waals surface area contributed by atoms with Gasteiger partial charge in [0.05, 0.1) is 13.4 Å². The number of unbranched alkanes of at least 4 members (excludes halogenated alkanes) is 3. The summed E-state index contributed by atoms with van der Waals surface area (Å²) in [5.41, 5.74) is 4.00. The van der Waals surface area contributed by atoms with E-state index in [1.165, 1.54) is 36.0 Å². The molecule has 0 radical (unpaired) electrons. The molecule has 0 aromatic heterocycles. The number of aryl methyl sites for hydroxylation is 3. The van der Waals surface area contributed by atoms with Crippen LogP contribution in [-0.4, -0.2) is 15.4 Å². The predicted molar refractivity (Wildman–Crippen MR) is 112 cm³/mol. The lowest BCUT2D eigenvalue weighted by molar-refractivity contribution is 0.336. The van der Waals surface area contributed by atoms with Crippen molar-refractivity contribution in [2.75, 3.05) is 7.11 Å². The lowest BCUT2D eigenvalue weighted by Gasteiger charge is -2.37. The lowest BCUT2D eigenvalue weighted by Crippen LogP contribution is -2.44. The van der Waals surface area contributed by atoms with Gasteiger partial charge < -0.3 is 9.16 Å². The molecule has 0 bridgehead atoms. The Morgan fingerprint density at radius 3 is 2.12 bits per heavy atom. The van der Waals surface area contributed by atoms with E-state index in [2.05, 4.69) is 65.9 Å². The van der Waals surface area contributed by atoms with E-state index in [1.54, 1.807) is 13.4 Å². The standard InChI is InChI=1S/C22H38O2Si/c1-18-16-20(14-12-10-9-11-13-15-23-6)17-19(2)21(18)24-25(7,8)22(3,4)5/h13,15-17H,9-12,14H2,1-8H3/b15-13-. The third-order valence-electron chi connectivity index (χ3n) is 5.25. The average molecular weight is 363 g/mol. The molecular weight excluding hydrogens is 324 g/mol. The van der Waals surface area contributed by atoms with Crippen molar-refractivity contribution in [1.82, 2.24) is 0 Å². The number of hydrogen-bond donors (Lipinski definition) is 0. The first kappa shape index (κ1) is 21.8. The van der Waals surface area contributed by atoms with Crippen LogP contribution < -0.4 is 4.43 Å². The van der Waals surface area contributed by atoms with Gasteiger partial charge in [-0.25, -0.2) is 0 Å². The van der Waals surface area contributed by atoms with Gasteiger partial charge in [-0.1, -0.05) is 39.3 Å². The highest BCUT2D eigenvalue weighted by atomic mass is 28.4. The minimum Gasteiger partial charge on any atom is -0.543 e. The van der Waals surface area contributed by atoms with E-state index in [0.29, 0.717) is 0 Å². The first-order chi connectivity index (χ1) is 11.6. The smallest absolute Gasteiger partial charge is 0.250 e. The van der Waals surface area contributed by atoms with E-state index in [-0.39, 0.29) is 5.04 Å². The van der Waals surface area contributed by atoms with Crippen molar-refractivity contribution in [1.29, 1.82) is 0 Å². The summed E-state index contributed by atoms with van der Waals surface area (Å²) in [6, 6.07) is 4.64. The highest BCUT2D eigenvalue weighted by Crippen LogP contribution is 2.39. The van der Waals surface area contributed by atoms with Gasteiger partial charge in [-0.3, -0.25) is 0 Å². The summed E-state index contributed by atoms with van der Waals surface area (Å²) in [5.74, 6) is 1.11. The van der Waals surface area contributed by atoms with Crippen LogP contribution in [0.25, 0.3) is 0 Å². The molecule has 1 rings (SSSR count). The van der Waals surface area contributed by atoms with E-state index in [4.69, 9.17) is 9.16 Å². The van der Waals surface area contributed by atoms with Crippen LogP contribution in [0.2, 0.25) is 18.1 Å². The first-order valence-corrected chi connectivity index (χ1v) is 12.5. The largest absolute Gasteiger partial charge is 0.543 e. The van der Waals surface area contributed by atoms with Crippen molar-refractivity contribution < 1.29 is 9.16 Å². The second-order valence-electron chi connectivity index (χ2n) is 8.63. The Kier molecular flexibility index (Phi) is 8.26. The number of allylic oxidation sites excluding steroid dienone is 1. The van der Waals surface area contributed by atoms with Crippen molar-refractivity contribution in [2.24, 2.45) is 0 Å². The summed E-state index contributed by atoms with van der Waals surface area (Å²) in [4.78, 5) is 0. The molecule has 0 aliphatic rings. The highest BCUT2D eigenvalue weighted by molar-refractivity contribution is 6.74. The van der Waals surface area contributed by atoms with Gasteiger partial charge in [-0.05, 0) is 80.4 Å². The summed E-state index contributed by atoms with van der Waals surface area (Å²) in [7, 11) is -0.0957. The molecule has 0 atom stereocenters. The fourth-order valence-corrected chi connectivity index (χ4v) is 3.82. The summed E-state index contributed by atoms with van der Waals surface area (Å²) < 4.78 is 11.5. The molecule has 1 aromatic rings. The van der Waals surface area contributed by atoms with Crippen LogP contribution in [0, 0.1) is 13.8 Å². The Morgan fingerprint density at radius 2 is 1.60 bits per heavy atom. The van der Waals surface area contributed by atoms with Crippen molar-refractivity contribution in [3.8, 4) is 5.75 Å². The fraction of sp³-hybridized carbons (Fsp3) is 0.636. The molecule has 0 unspecified atom stereocenters. The molecule has 0 fully saturated rings. The van der Waals surface area contributed by atoms with Crippen molar-refractivity contribution >= 4 is 8.32 Å².